The predicted molar refractivity (Wildman–Crippen MR) is 128 cm³/mol. The molecule has 1 aliphatic heterocycles. The molecule has 1 amide bonds. The first-order valence-electron chi connectivity index (χ1n) is 11.0. The Hall–Kier alpha value is -2.42. The van der Waals surface area contributed by atoms with E-state index in [1.165, 1.54) is 29.8 Å². The van der Waals surface area contributed by atoms with Gasteiger partial charge in [0.2, 0.25) is 14.9 Å². The van der Waals surface area contributed by atoms with E-state index in [9.17, 15) is 13.2 Å². The molecule has 1 unspecified atom stereocenters. The number of amides is 1. The molecule has 6 nitrogen and oxygen atoms in total. The van der Waals surface area contributed by atoms with Crippen LogP contribution >= 0.6 is 15.9 Å². The van der Waals surface area contributed by atoms with Crippen LogP contribution in [0, 0.1) is 0 Å². The standard InChI is InChI=1S/C25H26BrNO5S/c1-2-18-5-7-19(8-6-18)16-27(17-21-4-3-15-31-21)25(28)23-13-14-24(32-23)33(29,30)22-11-9-20(26)10-12-22/h5-14,21H,2-4,15-17H2,1H3. The summed E-state index contributed by atoms with van der Waals surface area (Å²) < 4.78 is 38.0. The van der Waals surface area contributed by atoms with Gasteiger partial charge in [0.1, 0.15) is 0 Å². The maximum Gasteiger partial charge on any atom is 0.290 e. The molecule has 1 atom stereocenters. The largest absolute Gasteiger partial charge is 0.439 e. The van der Waals surface area contributed by atoms with Crippen molar-refractivity contribution in [2.24, 2.45) is 0 Å². The van der Waals surface area contributed by atoms with Crippen LogP contribution in [-0.4, -0.2) is 38.5 Å². The van der Waals surface area contributed by atoms with E-state index in [0.717, 1.165) is 29.3 Å². The third kappa shape index (κ3) is 5.57. The first-order valence-corrected chi connectivity index (χ1v) is 13.2. The summed E-state index contributed by atoms with van der Waals surface area (Å²) >= 11 is 3.30. The van der Waals surface area contributed by atoms with E-state index in [1.807, 2.05) is 12.1 Å². The van der Waals surface area contributed by atoms with Crippen LogP contribution in [0.2, 0.25) is 0 Å². The summed E-state index contributed by atoms with van der Waals surface area (Å²) in [5.41, 5.74) is 2.22. The number of rotatable bonds is 8. The fourth-order valence-corrected chi connectivity index (χ4v) is 5.26. The van der Waals surface area contributed by atoms with E-state index in [4.69, 9.17) is 9.15 Å². The van der Waals surface area contributed by atoms with E-state index < -0.39 is 9.84 Å². The molecular weight excluding hydrogens is 506 g/mol. The van der Waals surface area contributed by atoms with Gasteiger partial charge in [-0.3, -0.25) is 4.79 Å². The molecule has 1 fully saturated rings. The van der Waals surface area contributed by atoms with Crippen LogP contribution in [-0.2, 0) is 27.5 Å². The Morgan fingerprint density at radius 2 is 1.73 bits per heavy atom. The van der Waals surface area contributed by atoms with Crippen LogP contribution in [0.4, 0.5) is 0 Å². The number of furan rings is 1. The number of benzene rings is 2. The monoisotopic (exact) mass is 531 g/mol. The lowest BCUT2D eigenvalue weighted by Gasteiger charge is -2.25. The first-order chi connectivity index (χ1) is 15.9. The maximum atomic E-state index is 13.4. The highest BCUT2D eigenvalue weighted by molar-refractivity contribution is 9.10. The highest BCUT2D eigenvalue weighted by Gasteiger charge is 2.28. The van der Waals surface area contributed by atoms with E-state index in [1.54, 1.807) is 17.0 Å². The van der Waals surface area contributed by atoms with Gasteiger partial charge in [-0.2, -0.15) is 0 Å². The highest BCUT2D eigenvalue weighted by atomic mass is 79.9. The fourth-order valence-electron chi connectivity index (χ4n) is 3.82. The number of carbonyl (C=O) groups excluding carboxylic acids is 1. The Morgan fingerprint density at radius 1 is 1.03 bits per heavy atom. The van der Waals surface area contributed by atoms with E-state index in [-0.39, 0.29) is 27.8 Å². The summed E-state index contributed by atoms with van der Waals surface area (Å²) in [4.78, 5) is 15.1. The molecule has 0 saturated carbocycles. The molecule has 1 saturated heterocycles. The number of halogens is 1. The van der Waals surface area contributed by atoms with Crippen molar-refractivity contribution in [2.75, 3.05) is 13.2 Å². The molecule has 8 heteroatoms. The maximum absolute atomic E-state index is 13.4. The summed E-state index contributed by atoms with van der Waals surface area (Å²) in [6, 6.07) is 17.2. The normalized spacial score (nSPS) is 16.1. The van der Waals surface area contributed by atoms with Crippen molar-refractivity contribution >= 4 is 31.7 Å². The number of sulfone groups is 1. The number of aryl methyl sites for hydroxylation is 1. The van der Waals surface area contributed by atoms with Crippen LogP contribution in [0.5, 0.6) is 0 Å². The Bertz CT molecular complexity index is 1200. The van der Waals surface area contributed by atoms with Gasteiger partial charge >= 0.3 is 0 Å². The molecule has 4 rings (SSSR count). The van der Waals surface area contributed by atoms with Crippen molar-refractivity contribution in [3.63, 3.8) is 0 Å². The summed E-state index contributed by atoms with van der Waals surface area (Å²) in [6.07, 6.45) is 2.76. The lowest BCUT2D eigenvalue weighted by Crippen LogP contribution is -2.36. The zero-order valence-corrected chi connectivity index (χ0v) is 20.8. The molecule has 2 aromatic carbocycles. The molecule has 1 aliphatic rings. The van der Waals surface area contributed by atoms with Crippen molar-refractivity contribution in [2.45, 2.75) is 48.8 Å². The molecule has 2 heterocycles. The Balaban J connectivity index is 1.57. The van der Waals surface area contributed by atoms with Gasteiger partial charge in [-0.15, -0.1) is 0 Å². The average Bonchev–Trinajstić information content (AvgIpc) is 3.52. The van der Waals surface area contributed by atoms with Crippen LogP contribution in [0.25, 0.3) is 0 Å². The van der Waals surface area contributed by atoms with E-state index >= 15 is 0 Å². The molecule has 0 aliphatic carbocycles. The number of hydrogen-bond acceptors (Lipinski definition) is 5. The molecule has 0 N–H and O–H groups in total. The summed E-state index contributed by atoms with van der Waals surface area (Å²) in [6.45, 7) is 3.59. The number of carbonyl (C=O) groups is 1. The van der Waals surface area contributed by atoms with Gasteiger partial charge in [0.15, 0.2) is 5.76 Å². The third-order valence-corrected chi connectivity index (χ3v) is 7.89. The lowest BCUT2D eigenvalue weighted by atomic mass is 10.1. The quantitative estimate of drug-likeness (QED) is 0.396. The van der Waals surface area contributed by atoms with Crippen molar-refractivity contribution in [3.05, 3.63) is 82.0 Å². The second-order valence-corrected chi connectivity index (χ2v) is 10.9. The predicted octanol–water partition coefficient (Wildman–Crippen LogP) is 5.26. The van der Waals surface area contributed by atoms with Gasteiger partial charge in [-0.25, -0.2) is 8.42 Å². The number of hydrogen-bond donors (Lipinski definition) is 0. The third-order valence-electron chi connectivity index (χ3n) is 5.72. The molecule has 3 aromatic rings. The van der Waals surface area contributed by atoms with E-state index in [2.05, 4.69) is 35.0 Å². The average molecular weight is 532 g/mol. The second kappa shape index (κ2) is 10.2. The zero-order valence-electron chi connectivity index (χ0n) is 18.4. The van der Waals surface area contributed by atoms with E-state index in [0.29, 0.717) is 19.7 Å². The van der Waals surface area contributed by atoms with Crippen LogP contribution in [0.15, 0.2) is 79.5 Å². The van der Waals surface area contributed by atoms with Gasteiger partial charge in [0, 0.05) is 24.2 Å². The summed E-state index contributed by atoms with van der Waals surface area (Å²) in [5.74, 6) is -0.365. The smallest absolute Gasteiger partial charge is 0.290 e. The molecule has 0 spiro atoms. The number of ether oxygens (including phenoxy) is 1. The summed E-state index contributed by atoms with van der Waals surface area (Å²) in [7, 11) is -3.87. The second-order valence-electron chi connectivity index (χ2n) is 8.07. The Kier molecular flexibility index (Phi) is 7.36. The Labute approximate surface area is 202 Å². The van der Waals surface area contributed by atoms with Gasteiger partial charge < -0.3 is 14.1 Å². The summed E-state index contributed by atoms with van der Waals surface area (Å²) in [5, 5.41) is -0.252. The zero-order chi connectivity index (χ0) is 23.4. The highest BCUT2D eigenvalue weighted by Crippen LogP contribution is 2.26. The Morgan fingerprint density at radius 3 is 2.36 bits per heavy atom. The van der Waals surface area contributed by atoms with Crippen LogP contribution in [0.3, 0.4) is 0 Å². The minimum Gasteiger partial charge on any atom is -0.439 e. The molecular formula is C25H26BrNO5S. The van der Waals surface area contributed by atoms with Crippen molar-refractivity contribution in [1.29, 1.82) is 0 Å². The van der Waals surface area contributed by atoms with Crippen molar-refractivity contribution in [1.82, 2.24) is 4.90 Å². The minimum absolute atomic E-state index is 0.00568. The molecule has 174 valence electrons. The molecule has 0 bridgehead atoms. The molecule has 0 radical (unpaired) electrons. The van der Waals surface area contributed by atoms with Gasteiger partial charge in [-0.1, -0.05) is 47.1 Å². The van der Waals surface area contributed by atoms with Crippen molar-refractivity contribution < 1.29 is 22.4 Å². The molecule has 33 heavy (non-hydrogen) atoms. The van der Waals surface area contributed by atoms with Gasteiger partial charge in [0.05, 0.1) is 11.0 Å². The molecule has 1 aromatic heterocycles. The van der Waals surface area contributed by atoms with Crippen LogP contribution in [0.1, 0.15) is 41.4 Å². The number of nitrogens with zero attached hydrogens (tertiary/aromatic N) is 1. The lowest BCUT2D eigenvalue weighted by molar-refractivity contribution is 0.0480. The van der Waals surface area contributed by atoms with Crippen molar-refractivity contribution in [3.8, 4) is 0 Å². The first kappa shape index (κ1) is 23.7. The topological polar surface area (TPSA) is 76.8 Å². The van der Waals surface area contributed by atoms with Gasteiger partial charge in [0.25, 0.3) is 5.91 Å². The van der Waals surface area contributed by atoms with Crippen LogP contribution < -0.4 is 0 Å². The fraction of sp³-hybridized carbons (Fsp3) is 0.320. The SMILES string of the molecule is CCc1ccc(CN(CC2CCCO2)C(=O)c2ccc(S(=O)(=O)c3ccc(Br)cc3)o2)cc1. The van der Waals surface area contributed by atoms with Gasteiger partial charge in [-0.05, 0) is 66.8 Å². The minimum atomic E-state index is -3.87.